The maximum atomic E-state index is 12.5. The zero-order chi connectivity index (χ0) is 14.5. The number of carbonyl (C=O) groups excluding carboxylic acids is 1. The number of esters is 1. The number of unbranched alkanes of at least 4 members (excludes halogenated alkanes) is 2. The molecule has 1 aliphatic heterocycles. The molecule has 0 saturated carbocycles. The summed E-state index contributed by atoms with van der Waals surface area (Å²) in [5, 5.41) is 9.24. The van der Waals surface area contributed by atoms with E-state index in [0.717, 1.165) is 12.8 Å². The Balaban J connectivity index is 2.41. The van der Waals surface area contributed by atoms with E-state index in [2.05, 4.69) is 4.74 Å². The largest absolute Gasteiger partial charge is 0.436 e. The van der Waals surface area contributed by atoms with Crippen LogP contribution in [0.25, 0.3) is 0 Å². The maximum Gasteiger partial charge on any atom is 0.417 e. The normalized spacial score (nSPS) is 28.2. The van der Waals surface area contributed by atoms with Crippen molar-refractivity contribution in [1.82, 2.24) is 0 Å². The van der Waals surface area contributed by atoms with Crippen molar-refractivity contribution in [3.05, 3.63) is 0 Å². The van der Waals surface area contributed by atoms with Gasteiger partial charge in [0.1, 0.15) is 0 Å². The number of alkyl halides is 3. The van der Waals surface area contributed by atoms with Crippen molar-refractivity contribution >= 4 is 5.97 Å². The Morgan fingerprint density at radius 2 is 2.05 bits per heavy atom. The molecule has 1 heterocycles. The second-order valence-electron chi connectivity index (χ2n) is 4.62. The molecule has 0 bridgehead atoms. The van der Waals surface area contributed by atoms with Crippen LogP contribution in [0.1, 0.15) is 45.4 Å². The lowest BCUT2D eigenvalue weighted by molar-refractivity contribution is -0.306. The van der Waals surface area contributed by atoms with Crippen molar-refractivity contribution in [3.8, 4) is 0 Å². The van der Waals surface area contributed by atoms with Gasteiger partial charge in [-0.1, -0.05) is 19.8 Å². The summed E-state index contributed by atoms with van der Waals surface area (Å²) in [5.74, 6) is -0.559. The number of ether oxygens (including phenoxy) is 2. The number of carbonyl (C=O) groups is 1. The first-order valence-corrected chi connectivity index (χ1v) is 6.44. The van der Waals surface area contributed by atoms with E-state index in [0.29, 0.717) is 6.42 Å². The van der Waals surface area contributed by atoms with E-state index >= 15 is 0 Å². The van der Waals surface area contributed by atoms with E-state index in [4.69, 9.17) is 4.74 Å². The number of hydrogen-bond donors (Lipinski definition) is 1. The summed E-state index contributed by atoms with van der Waals surface area (Å²) >= 11 is 0. The Kier molecular flexibility index (Phi) is 6.06. The minimum Gasteiger partial charge on any atom is -0.436 e. The fourth-order valence-electron chi connectivity index (χ4n) is 1.89. The molecular weight excluding hydrogens is 265 g/mol. The average molecular weight is 284 g/mol. The minimum absolute atomic E-state index is 0.0767. The molecular formula is C12H19F3O4. The average Bonchev–Trinajstić information content (AvgIpc) is 2.30. The van der Waals surface area contributed by atoms with Crippen molar-refractivity contribution in [2.24, 2.45) is 0 Å². The van der Waals surface area contributed by atoms with E-state index in [1.165, 1.54) is 0 Å². The second-order valence-corrected chi connectivity index (χ2v) is 4.62. The highest BCUT2D eigenvalue weighted by Gasteiger charge is 2.49. The zero-order valence-electron chi connectivity index (χ0n) is 10.8. The summed E-state index contributed by atoms with van der Waals surface area (Å²) in [6, 6.07) is 0. The standard InChI is InChI=1S/C12H19F3O4/c1-2-3-4-5-9(17)18-10-7-6-8(16)11(19-10)12(13,14)15/h8,10-11,16H,2-7H2,1H3/t8-,10-,11-/m1/s1. The highest BCUT2D eigenvalue weighted by Crippen LogP contribution is 2.32. The number of aliphatic hydroxyl groups is 1. The van der Waals surface area contributed by atoms with E-state index in [1.54, 1.807) is 0 Å². The summed E-state index contributed by atoms with van der Waals surface area (Å²) in [5.41, 5.74) is 0. The number of aliphatic hydroxyl groups excluding tert-OH is 1. The van der Waals surface area contributed by atoms with Gasteiger partial charge in [0.05, 0.1) is 6.10 Å². The van der Waals surface area contributed by atoms with Crippen LogP contribution in [0.5, 0.6) is 0 Å². The molecule has 0 aromatic carbocycles. The number of hydrogen-bond acceptors (Lipinski definition) is 4. The van der Waals surface area contributed by atoms with Gasteiger partial charge in [0, 0.05) is 12.8 Å². The maximum absolute atomic E-state index is 12.5. The predicted octanol–water partition coefficient (Wildman–Crippen LogP) is 2.54. The molecule has 0 spiro atoms. The molecule has 3 atom stereocenters. The van der Waals surface area contributed by atoms with Crippen LogP contribution in [0.15, 0.2) is 0 Å². The molecule has 4 nitrogen and oxygen atoms in total. The van der Waals surface area contributed by atoms with Gasteiger partial charge >= 0.3 is 12.1 Å². The van der Waals surface area contributed by atoms with Gasteiger partial charge in [-0.2, -0.15) is 13.2 Å². The lowest BCUT2D eigenvalue weighted by Crippen LogP contribution is -2.48. The van der Waals surface area contributed by atoms with Gasteiger partial charge in [-0.15, -0.1) is 0 Å². The van der Waals surface area contributed by atoms with E-state index in [9.17, 15) is 23.1 Å². The van der Waals surface area contributed by atoms with Crippen LogP contribution in [0.3, 0.4) is 0 Å². The molecule has 1 aliphatic rings. The SMILES string of the molecule is CCCCCC(=O)O[C@H]1CC[C@@H](O)[C@H](C(F)(F)F)O1. The molecule has 1 saturated heterocycles. The summed E-state index contributed by atoms with van der Waals surface area (Å²) in [6.07, 6.45) is -7.16. The molecule has 0 aliphatic carbocycles. The van der Waals surface area contributed by atoms with Crippen LogP contribution in [-0.2, 0) is 14.3 Å². The van der Waals surface area contributed by atoms with Crippen LogP contribution in [0.2, 0.25) is 0 Å². The quantitative estimate of drug-likeness (QED) is 0.622. The Morgan fingerprint density at radius 1 is 1.37 bits per heavy atom. The van der Waals surface area contributed by atoms with Gasteiger partial charge in [-0.05, 0) is 12.8 Å². The third-order valence-corrected chi connectivity index (χ3v) is 2.92. The molecule has 0 aromatic rings. The van der Waals surface area contributed by atoms with Gasteiger partial charge in [-0.25, -0.2) is 0 Å². The molecule has 19 heavy (non-hydrogen) atoms. The topological polar surface area (TPSA) is 55.8 Å². The molecule has 7 heteroatoms. The van der Waals surface area contributed by atoms with Crippen LogP contribution < -0.4 is 0 Å². The Labute approximate surface area is 109 Å². The molecule has 1 N–H and O–H groups in total. The van der Waals surface area contributed by atoms with Crippen LogP contribution in [-0.4, -0.2) is 35.8 Å². The summed E-state index contributed by atoms with van der Waals surface area (Å²) in [4.78, 5) is 11.4. The Hall–Kier alpha value is -0.820. The van der Waals surface area contributed by atoms with Crippen molar-refractivity contribution in [2.45, 2.75) is 70.1 Å². The van der Waals surface area contributed by atoms with Gasteiger partial charge in [0.2, 0.25) is 6.29 Å². The smallest absolute Gasteiger partial charge is 0.417 e. The molecule has 0 amide bonds. The van der Waals surface area contributed by atoms with E-state index in [-0.39, 0.29) is 19.3 Å². The molecule has 0 aromatic heterocycles. The van der Waals surface area contributed by atoms with E-state index < -0.39 is 30.6 Å². The van der Waals surface area contributed by atoms with Gasteiger partial charge in [-0.3, -0.25) is 4.79 Å². The first-order chi connectivity index (χ1) is 8.84. The Bertz CT molecular complexity index is 293. The first-order valence-electron chi connectivity index (χ1n) is 6.44. The molecule has 0 unspecified atom stereocenters. The van der Waals surface area contributed by atoms with Crippen LogP contribution >= 0.6 is 0 Å². The first kappa shape index (κ1) is 16.2. The fourth-order valence-corrected chi connectivity index (χ4v) is 1.89. The lowest BCUT2D eigenvalue weighted by atomic mass is 10.0. The van der Waals surface area contributed by atoms with Gasteiger partial charge < -0.3 is 14.6 Å². The van der Waals surface area contributed by atoms with Crippen molar-refractivity contribution in [2.75, 3.05) is 0 Å². The third kappa shape index (κ3) is 5.36. The zero-order valence-corrected chi connectivity index (χ0v) is 10.8. The number of rotatable bonds is 5. The predicted molar refractivity (Wildman–Crippen MR) is 60.2 cm³/mol. The lowest BCUT2D eigenvalue weighted by Gasteiger charge is -2.34. The molecule has 1 fully saturated rings. The molecule has 112 valence electrons. The third-order valence-electron chi connectivity index (χ3n) is 2.92. The summed E-state index contributed by atoms with van der Waals surface area (Å²) in [6.45, 7) is 1.98. The number of halogens is 3. The highest BCUT2D eigenvalue weighted by molar-refractivity contribution is 5.69. The van der Waals surface area contributed by atoms with Gasteiger partial charge in [0.15, 0.2) is 6.10 Å². The van der Waals surface area contributed by atoms with Crippen LogP contribution in [0.4, 0.5) is 13.2 Å². The van der Waals surface area contributed by atoms with Crippen molar-refractivity contribution in [1.29, 1.82) is 0 Å². The van der Waals surface area contributed by atoms with Crippen molar-refractivity contribution in [3.63, 3.8) is 0 Å². The fraction of sp³-hybridized carbons (Fsp3) is 0.917. The summed E-state index contributed by atoms with van der Waals surface area (Å²) in [7, 11) is 0. The van der Waals surface area contributed by atoms with Crippen LogP contribution in [0, 0.1) is 0 Å². The monoisotopic (exact) mass is 284 g/mol. The highest BCUT2D eigenvalue weighted by atomic mass is 19.4. The van der Waals surface area contributed by atoms with Crippen molar-refractivity contribution < 1.29 is 32.5 Å². The van der Waals surface area contributed by atoms with Gasteiger partial charge in [0.25, 0.3) is 0 Å². The second kappa shape index (κ2) is 7.09. The minimum atomic E-state index is -4.66. The van der Waals surface area contributed by atoms with E-state index in [1.807, 2.05) is 6.92 Å². The molecule has 0 radical (unpaired) electrons. The Morgan fingerprint density at radius 3 is 2.63 bits per heavy atom. The summed E-state index contributed by atoms with van der Waals surface area (Å²) < 4.78 is 47.0. The molecule has 1 rings (SSSR count).